The predicted molar refractivity (Wildman–Crippen MR) is 93.5 cm³/mol. The van der Waals surface area contributed by atoms with E-state index in [1.165, 1.54) is 20.1 Å². The molecule has 0 aliphatic heterocycles. The second-order valence-electron chi connectivity index (χ2n) is 5.20. The maximum absolute atomic E-state index is 12.2. The van der Waals surface area contributed by atoms with E-state index in [9.17, 15) is 19.2 Å². The third kappa shape index (κ3) is 4.96. The van der Waals surface area contributed by atoms with Gasteiger partial charge in [-0.3, -0.25) is 23.9 Å². The fraction of sp³-hybridized carbons (Fsp3) is 0.250. The number of nitrogens with zero attached hydrogens (tertiary/aromatic N) is 1. The molecule has 0 aliphatic carbocycles. The molecule has 1 aromatic heterocycles. The first-order chi connectivity index (χ1) is 12.3. The number of carbonyl (C=O) groups is 2. The number of hydrogen-bond donors (Lipinski definition) is 2. The van der Waals surface area contributed by atoms with Gasteiger partial charge in [0, 0.05) is 17.3 Å². The van der Waals surface area contributed by atoms with Crippen LogP contribution in [0.4, 0.5) is 5.69 Å². The summed E-state index contributed by atoms with van der Waals surface area (Å²) < 4.78 is 11.1. The predicted octanol–water partition coefficient (Wildman–Crippen LogP) is 0.769. The van der Waals surface area contributed by atoms with E-state index in [0.717, 1.165) is 16.8 Å². The van der Waals surface area contributed by atoms with Crippen molar-refractivity contribution >= 4 is 29.2 Å². The van der Waals surface area contributed by atoms with Crippen LogP contribution < -0.4 is 21.3 Å². The van der Waals surface area contributed by atoms with Gasteiger partial charge in [-0.25, -0.2) is 4.79 Å². The first-order valence-electron chi connectivity index (χ1n) is 7.44. The number of aromatic amines is 1. The highest BCUT2D eigenvalue weighted by Gasteiger charge is 2.20. The Labute approximate surface area is 152 Å². The van der Waals surface area contributed by atoms with Crippen molar-refractivity contribution in [1.82, 2.24) is 9.55 Å². The molecule has 1 heterocycles. The second kappa shape index (κ2) is 8.34. The van der Waals surface area contributed by atoms with Gasteiger partial charge in [-0.15, -0.1) is 0 Å². The summed E-state index contributed by atoms with van der Waals surface area (Å²) in [6, 6.07) is 5.77. The highest BCUT2D eigenvalue weighted by Crippen LogP contribution is 2.27. The maximum atomic E-state index is 12.2. The van der Waals surface area contributed by atoms with Gasteiger partial charge in [-0.2, -0.15) is 0 Å². The molecular formula is C16H16ClN3O6. The largest absolute Gasteiger partial charge is 0.495 e. The molecule has 26 heavy (non-hydrogen) atoms. The van der Waals surface area contributed by atoms with Crippen molar-refractivity contribution in [2.45, 2.75) is 19.6 Å². The molecule has 10 heteroatoms. The minimum absolute atomic E-state index is 0.324. The Balaban J connectivity index is 2.00. The van der Waals surface area contributed by atoms with Crippen LogP contribution in [-0.4, -0.2) is 34.6 Å². The Morgan fingerprint density at radius 2 is 2.04 bits per heavy atom. The van der Waals surface area contributed by atoms with Crippen molar-refractivity contribution in [3.8, 4) is 5.75 Å². The van der Waals surface area contributed by atoms with Crippen LogP contribution >= 0.6 is 11.6 Å². The monoisotopic (exact) mass is 381 g/mol. The topological polar surface area (TPSA) is 119 Å². The summed E-state index contributed by atoms with van der Waals surface area (Å²) in [6.45, 7) is 0.924. The van der Waals surface area contributed by atoms with E-state index in [4.69, 9.17) is 21.1 Å². The van der Waals surface area contributed by atoms with E-state index >= 15 is 0 Å². The molecule has 0 fully saturated rings. The Bertz CT molecular complexity index is 936. The number of aromatic nitrogens is 2. The van der Waals surface area contributed by atoms with Crippen molar-refractivity contribution in [2.24, 2.45) is 0 Å². The molecule has 0 radical (unpaired) electrons. The zero-order chi connectivity index (χ0) is 19.3. The summed E-state index contributed by atoms with van der Waals surface area (Å²) in [5.41, 5.74) is -1.01. The number of anilines is 1. The van der Waals surface area contributed by atoms with Gasteiger partial charge in [-0.1, -0.05) is 11.6 Å². The smallest absolute Gasteiger partial charge is 0.328 e. The number of halogens is 1. The highest BCUT2D eigenvalue weighted by molar-refractivity contribution is 6.31. The molecule has 1 amide bonds. The zero-order valence-electron chi connectivity index (χ0n) is 13.9. The first-order valence-corrected chi connectivity index (χ1v) is 7.81. The molecule has 9 nitrogen and oxygen atoms in total. The fourth-order valence-corrected chi connectivity index (χ4v) is 2.18. The van der Waals surface area contributed by atoms with Gasteiger partial charge in [0.25, 0.3) is 11.5 Å². The van der Waals surface area contributed by atoms with Crippen LogP contribution in [0.15, 0.2) is 40.1 Å². The average molecular weight is 382 g/mol. The van der Waals surface area contributed by atoms with Crippen LogP contribution in [0.5, 0.6) is 5.75 Å². The molecule has 0 aliphatic rings. The van der Waals surface area contributed by atoms with Crippen LogP contribution in [0.2, 0.25) is 5.02 Å². The van der Waals surface area contributed by atoms with Crippen LogP contribution in [0.1, 0.15) is 6.92 Å². The molecule has 0 saturated heterocycles. The lowest BCUT2D eigenvalue weighted by Gasteiger charge is -2.15. The van der Waals surface area contributed by atoms with E-state index in [1.807, 2.05) is 4.98 Å². The second-order valence-corrected chi connectivity index (χ2v) is 5.64. The molecule has 0 unspecified atom stereocenters. The number of amides is 1. The molecule has 2 rings (SSSR count). The van der Waals surface area contributed by atoms with Gasteiger partial charge in [-0.05, 0) is 25.1 Å². The number of carbonyl (C=O) groups excluding carboxylic acids is 2. The van der Waals surface area contributed by atoms with E-state index in [1.54, 1.807) is 12.1 Å². The van der Waals surface area contributed by atoms with E-state index in [2.05, 4.69) is 5.32 Å². The lowest BCUT2D eigenvalue weighted by Crippen LogP contribution is -2.35. The number of ether oxygens (including phenoxy) is 2. The Hall–Kier alpha value is -3.07. The SMILES string of the molecule is COc1ccc(Cl)cc1NC(=O)[C@@H](C)OC(=O)Cn1ccc(=O)[nH]c1=O. The Kier molecular flexibility index (Phi) is 6.18. The van der Waals surface area contributed by atoms with Crippen molar-refractivity contribution in [3.63, 3.8) is 0 Å². The van der Waals surface area contributed by atoms with Crippen molar-refractivity contribution in [1.29, 1.82) is 0 Å². The standard InChI is InChI=1S/C16H16ClN3O6/c1-9(15(23)18-11-7-10(17)3-4-12(11)25-2)26-14(22)8-20-6-5-13(21)19-16(20)24/h3-7,9H,8H2,1-2H3,(H,18,23)(H,19,21,24)/t9-/m1/s1. The zero-order valence-corrected chi connectivity index (χ0v) is 14.7. The minimum atomic E-state index is -1.13. The highest BCUT2D eigenvalue weighted by atomic mass is 35.5. The minimum Gasteiger partial charge on any atom is -0.495 e. The van der Waals surface area contributed by atoms with Gasteiger partial charge in [0.1, 0.15) is 12.3 Å². The summed E-state index contributed by atoms with van der Waals surface area (Å²) in [7, 11) is 1.43. The van der Waals surface area contributed by atoms with Crippen molar-refractivity contribution in [2.75, 3.05) is 12.4 Å². The number of rotatable bonds is 6. The number of benzene rings is 1. The summed E-state index contributed by atoms with van der Waals surface area (Å²) in [6.07, 6.45) is 0.0222. The fourth-order valence-electron chi connectivity index (χ4n) is 2.01. The molecule has 138 valence electrons. The van der Waals surface area contributed by atoms with Gasteiger partial charge in [0.15, 0.2) is 6.10 Å². The lowest BCUT2D eigenvalue weighted by atomic mass is 10.2. The van der Waals surface area contributed by atoms with Crippen LogP contribution in [0.25, 0.3) is 0 Å². The molecule has 1 atom stereocenters. The molecule has 2 N–H and O–H groups in total. The molecule has 0 bridgehead atoms. The molecule has 2 aromatic rings. The van der Waals surface area contributed by atoms with Crippen molar-refractivity contribution in [3.05, 3.63) is 56.3 Å². The normalized spacial score (nSPS) is 11.5. The Morgan fingerprint density at radius 1 is 1.31 bits per heavy atom. The van der Waals surface area contributed by atoms with Crippen LogP contribution in [0, 0.1) is 0 Å². The van der Waals surface area contributed by atoms with Crippen LogP contribution in [-0.2, 0) is 20.9 Å². The van der Waals surface area contributed by atoms with Crippen LogP contribution in [0.3, 0.4) is 0 Å². The maximum Gasteiger partial charge on any atom is 0.328 e. The number of nitrogens with one attached hydrogen (secondary N) is 2. The molecule has 0 spiro atoms. The lowest BCUT2D eigenvalue weighted by molar-refractivity contribution is -0.153. The summed E-state index contributed by atoms with van der Waals surface area (Å²) in [5, 5.41) is 2.94. The van der Waals surface area contributed by atoms with Gasteiger partial charge >= 0.3 is 11.7 Å². The number of H-pyrrole nitrogens is 1. The number of methoxy groups -OCH3 is 1. The summed E-state index contributed by atoms with van der Waals surface area (Å²) >= 11 is 5.89. The number of hydrogen-bond acceptors (Lipinski definition) is 6. The van der Waals surface area contributed by atoms with Gasteiger partial charge in [0.05, 0.1) is 12.8 Å². The van der Waals surface area contributed by atoms with E-state index < -0.39 is 35.8 Å². The third-order valence-corrected chi connectivity index (χ3v) is 3.53. The van der Waals surface area contributed by atoms with E-state index in [0.29, 0.717) is 16.5 Å². The number of esters is 1. The summed E-state index contributed by atoms with van der Waals surface area (Å²) in [5.74, 6) is -1.03. The molecule has 1 aromatic carbocycles. The first kappa shape index (κ1) is 19.3. The molecule has 0 saturated carbocycles. The summed E-state index contributed by atoms with van der Waals surface area (Å²) in [4.78, 5) is 48.6. The third-order valence-electron chi connectivity index (χ3n) is 3.29. The van der Waals surface area contributed by atoms with Gasteiger partial charge in [0.2, 0.25) is 0 Å². The quantitative estimate of drug-likeness (QED) is 0.713. The van der Waals surface area contributed by atoms with E-state index in [-0.39, 0.29) is 0 Å². The molecular weight excluding hydrogens is 366 g/mol. The van der Waals surface area contributed by atoms with Crippen molar-refractivity contribution < 1.29 is 19.1 Å². The van der Waals surface area contributed by atoms with Gasteiger partial charge < -0.3 is 14.8 Å². The Morgan fingerprint density at radius 3 is 2.69 bits per heavy atom. The average Bonchev–Trinajstić information content (AvgIpc) is 2.57.